The lowest BCUT2D eigenvalue weighted by atomic mass is 10.1. The zero-order valence-corrected chi connectivity index (χ0v) is 19.3. The molecule has 0 saturated heterocycles. The Morgan fingerprint density at radius 1 is 1.03 bits per heavy atom. The van der Waals surface area contributed by atoms with Crippen molar-refractivity contribution >= 4 is 45.6 Å². The minimum absolute atomic E-state index is 0.488. The number of fused-ring (bicyclic) bond motifs is 3. The lowest BCUT2D eigenvalue weighted by molar-refractivity contribution is -0.141. The number of Topliss-reactive ketones (excluding diaryl/α,β-unsaturated/α-hetero) is 1. The van der Waals surface area contributed by atoms with Crippen molar-refractivity contribution in [3.05, 3.63) is 36.9 Å². The molecule has 1 amide bonds. The number of nitrogens with one attached hydrogen (secondary N) is 1. The van der Waals surface area contributed by atoms with Gasteiger partial charge in [-0.1, -0.05) is 20.8 Å². The summed E-state index contributed by atoms with van der Waals surface area (Å²) in [6, 6.07) is 1.64. The molecule has 0 aromatic carbocycles. The molecule has 0 aliphatic carbocycles. The van der Waals surface area contributed by atoms with Crippen molar-refractivity contribution in [1.82, 2.24) is 19.9 Å². The van der Waals surface area contributed by atoms with Gasteiger partial charge in [0, 0.05) is 35.6 Å². The van der Waals surface area contributed by atoms with Gasteiger partial charge in [0.15, 0.2) is 11.9 Å². The highest BCUT2D eigenvalue weighted by atomic mass is 19.1. The number of ketones is 1. The molecule has 3 heterocycles. The number of nitrogens with zero attached hydrogens (tertiary/aromatic N) is 3. The largest absolute Gasteiger partial charge is 0.481 e. The number of aromatic nitrogens is 3. The molecule has 0 spiro atoms. The van der Waals surface area contributed by atoms with Gasteiger partial charge in [0.2, 0.25) is 0 Å². The molecule has 0 aliphatic heterocycles. The van der Waals surface area contributed by atoms with Crippen molar-refractivity contribution in [2.75, 3.05) is 6.67 Å². The summed E-state index contributed by atoms with van der Waals surface area (Å²) in [6.45, 7) is 6.32. The van der Waals surface area contributed by atoms with E-state index in [1.807, 2.05) is 0 Å². The summed E-state index contributed by atoms with van der Waals surface area (Å²) >= 11 is 0. The van der Waals surface area contributed by atoms with Gasteiger partial charge < -0.3 is 15.2 Å². The molecule has 11 heteroatoms. The average molecular weight is 474 g/mol. The summed E-state index contributed by atoms with van der Waals surface area (Å²) in [5, 5.41) is 12.2. The number of alkyl halides is 1. The quantitative estimate of drug-likeness (QED) is 0.532. The van der Waals surface area contributed by atoms with Gasteiger partial charge in [-0.2, -0.15) is 0 Å². The highest BCUT2D eigenvalue weighted by Crippen LogP contribution is 2.27. The summed E-state index contributed by atoms with van der Waals surface area (Å²) in [6.07, 6.45) is 3.08. The van der Waals surface area contributed by atoms with Crippen LogP contribution in [0.2, 0.25) is 0 Å². The maximum atomic E-state index is 12.8. The lowest BCUT2D eigenvalue weighted by Crippen LogP contribution is -2.47. The number of pyridine rings is 2. The van der Waals surface area contributed by atoms with Crippen molar-refractivity contribution in [2.45, 2.75) is 46.3 Å². The van der Waals surface area contributed by atoms with E-state index in [1.54, 1.807) is 24.5 Å². The molecule has 2 atom stereocenters. The van der Waals surface area contributed by atoms with Gasteiger partial charge >= 0.3 is 12.1 Å². The molecule has 0 radical (unpaired) electrons. The summed E-state index contributed by atoms with van der Waals surface area (Å²) in [4.78, 5) is 55.5. The number of carboxylic acid groups (broad SMARTS) is 1. The van der Waals surface area contributed by atoms with Gasteiger partial charge in [0.25, 0.3) is 5.91 Å². The fourth-order valence-electron chi connectivity index (χ4n) is 2.97. The number of aliphatic carboxylic acids is 1. The van der Waals surface area contributed by atoms with Gasteiger partial charge in [-0.15, -0.1) is 0 Å². The molecule has 0 fully saturated rings. The topological polar surface area (TPSA) is 140 Å². The van der Waals surface area contributed by atoms with Gasteiger partial charge in [0.1, 0.15) is 12.7 Å². The summed E-state index contributed by atoms with van der Waals surface area (Å²) in [5.74, 6) is -2.58. The highest BCUT2D eigenvalue weighted by molar-refractivity contribution is 6.11. The zero-order valence-electron chi connectivity index (χ0n) is 19.3. The molecule has 2 N–H and O–H groups in total. The Morgan fingerprint density at radius 3 is 1.97 bits per heavy atom. The third-order valence-electron chi connectivity index (χ3n) is 4.41. The standard InChI is InChI=1S/C19H17FN4O6.C4H10/c1-10(18(28)23-13(6-17(26)27)16(25)7-20)30-19(29)24-14-2-4-21-8-11(14)12-9-22-5-3-15(12)24;1-4(2)3/h2-5,8-10,13H,6-7H2,1H3,(H,23,28)(H,26,27);4H,1-3H3. The minimum Gasteiger partial charge on any atom is -0.481 e. The van der Waals surface area contributed by atoms with Gasteiger partial charge in [-0.3, -0.25) is 24.4 Å². The third kappa shape index (κ3) is 6.56. The van der Waals surface area contributed by atoms with Crippen LogP contribution >= 0.6 is 0 Å². The number of amides is 1. The number of rotatable bonds is 7. The first kappa shape index (κ1) is 26.4. The second-order valence-electron chi connectivity index (χ2n) is 8.14. The summed E-state index contributed by atoms with van der Waals surface area (Å²) < 4.78 is 19.1. The molecular weight excluding hydrogens is 447 g/mol. The van der Waals surface area contributed by atoms with E-state index in [1.165, 1.54) is 23.9 Å². The van der Waals surface area contributed by atoms with Crippen LogP contribution in [0.4, 0.5) is 9.18 Å². The molecule has 3 aromatic heterocycles. The second kappa shape index (κ2) is 11.8. The summed E-state index contributed by atoms with van der Waals surface area (Å²) in [5.41, 5.74) is 0.976. The molecule has 182 valence electrons. The van der Waals surface area contributed by atoms with Gasteiger partial charge in [-0.25, -0.2) is 13.8 Å². The number of ether oxygens (including phenoxy) is 1. The first-order valence-corrected chi connectivity index (χ1v) is 10.6. The molecular formula is C23H27FN4O6. The van der Waals surface area contributed by atoms with Crippen LogP contribution in [0.25, 0.3) is 21.8 Å². The van der Waals surface area contributed by atoms with Crippen LogP contribution < -0.4 is 5.32 Å². The molecule has 34 heavy (non-hydrogen) atoms. The van der Waals surface area contributed by atoms with Crippen molar-refractivity contribution in [3.63, 3.8) is 0 Å². The fourth-order valence-corrected chi connectivity index (χ4v) is 2.97. The minimum atomic E-state index is -1.56. The maximum absolute atomic E-state index is 12.8. The van der Waals surface area contributed by atoms with E-state index in [0.717, 1.165) is 5.92 Å². The predicted molar refractivity (Wildman–Crippen MR) is 122 cm³/mol. The number of carboxylic acids is 1. The van der Waals surface area contributed by atoms with Crippen LogP contribution in [0.5, 0.6) is 0 Å². The third-order valence-corrected chi connectivity index (χ3v) is 4.41. The first-order valence-electron chi connectivity index (χ1n) is 10.6. The zero-order chi connectivity index (χ0) is 25.4. The van der Waals surface area contributed by atoms with E-state index >= 15 is 0 Å². The molecule has 3 aromatic rings. The number of carbonyl (C=O) groups is 4. The second-order valence-corrected chi connectivity index (χ2v) is 8.14. The number of hydrogen-bond acceptors (Lipinski definition) is 7. The predicted octanol–water partition coefficient (Wildman–Crippen LogP) is 3.12. The molecule has 10 nitrogen and oxygen atoms in total. The van der Waals surface area contributed by atoms with Crippen LogP contribution in [0.3, 0.4) is 0 Å². The Labute approximate surface area is 195 Å². The normalized spacial score (nSPS) is 12.5. The van der Waals surface area contributed by atoms with Crippen molar-refractivity contribution < 1.29 is 33.4 Å². The Morgan fingerprint density at radius 2 is 1.53 bits per heavy atom. The number of halogens is 1. The number of hydrogen-bond donors (Lipinski definition) is 2. The van der Waals surface area contributed by atoms with Crippen molar-refractivity contribution in [2.24, 2.45) is 5.92 Å². The Kier molecular flexibility index (Phi) is 9.17. The van der Waals surface area contributed by atoms with Crippen molar-refractivity contribution in [1.29, 1.82) is 0 Å². The SMILES string of the molecule is CC(C)C.CC(OC(=O)n1c2ccncc2c2cnccc21)C(=O)NC(CC(=O)O)C(=O)CF. The molecule has 0 bridgehead atoms. The maximum Gasteiger partial charge on any atom is 0.419 e. The Hall–Kier alpha value is -3.89. The van der Waals surface area contributed by atoms with E-state index in [2.05, 4.69) is 36.1 Å². The number of carbonyl (C=O) groups excluding carboxylic acids is 3. The van der Waals surface area contributed by atoms with Gasteiger partial charge in [0.05, 0.1) is 17.5 Å². The monoisotopic (exact) mass is 474 g/mol. The van der Waals surface area contributed by atoms with E-state index < -0.39 is 49.0 Å². The molecule has 3 rings (SSSR count). The van der Waals surface area contributed by atoms with Crippen LogP contribution in [0.1, 0.15) is 34.1 Å². The van der Waals surface area contributed by atoms with Crippen LogP contribution in [-0.4, -0.2) is 62.2 Å². The first-order chi connectivity index (χ1) is 16.1. The van der Waals surface area contributed by atoms with Crippen LogP contribution in [0.15, 0.2) is 36.9 Å². The van der Waals surface area contributed by atoms with E-state index in [0.29, 0.717) is 21.8 Å². The summed E-state index contributed by atoms with van der Waals surface area (Å²) in [7, 11) is 0. The highest BCUT2D eigenvalue weighted by Gasteiger charge is 2.28. The molecule has 0 saturated carbocycles. The van der Waals surface area contributed by atoms with Crippen LogP contribution in [-0.2, 0) is 19.1 Å². The Bertz CT molecular complexity index is 1140. The fraction of sp³-hybridized carbons (Fsp3) is 0.391. The van der Waals surface area contributed by atoms with E-state index in [9.17, 15) is 23.6 Å². The van der Waals surface area contributed by atoms with E-state index in [-0.39, 0.29) is 0 Å². The molecule has 0 aliphatic rings. The van der Waals surface area contributed by atoms with Crippen LogP contribution in [0, 0.1) is 5.92 Å². The van der Waals surface area contributed by atoms with E-state index in [4.69, 9.17) is 9.84 Å². The molecule has 2 unspecified atom stereocenters. The average Bonchev–Trinajstić information content (AvgIpc) is 3.12. The van der Waals surface area contributed by atoms with Crippen molar-refractivity contribution in [3.8, 4) is 0 Å². The smallest absolute Gasteiger partial charge is 0.419 e. The lowest BCUT2D eigenvalue weighted by Gasteiger charge is -2.18. The Balaban J connectivity index is 0.000000945. The van der Waals surface area contributed by atoms with Gasteiger partial charge in [-0.05, 0) is 25.0 Å².